The summed E-state index contributed by atoms with van der Waals surface area (Å²) in [5, 5.41) is 0. The largest absolute Gasteiger partial charge is 0.245 e. The van der Waals surface area contributed by atoms with E-state index in [-0.39, 0.29) is 0 Å². The lowest BCUT2D eigenvalue weighted by Crippen LogP contribution is -2.52. The predicted octanol–water partition coefficient (Wildman–Crippen LogP) is 3.62. The Hall–Kier alpha value is 0.230. The summed E-state index contributed by atoms with van der Waals surface area (Å²) in [6.07, 6.45) is 15.5. The molecule has 0 saturated carbocycles. The molecular formula is C16H33N3S. The Bertz CT molecular complexity index is 247. The van der Waals surface area contributed by atoms with Crippen molar-refractivity contribution in [2.45, 2.75) is 57.8 Å². The van der Waals surface area contributed by atoms with Gasteiger partial charge in [0.05, 0.1) is 0 Å². The Morgan fingerprint density at radius 3 is 0.950 bits per heavy atom. The minimum absolute atomic E-state index is 0.844. The van der Waals surface area contributed by atoms with Crippen molar-refractivity contribution in [1.82, 2.24) is 12.9 Å². The second-order valence-electron chi connectivity index (χ2n) is 6.76. The van der Waals surface area contributed by atoms with Crippen LogP contribution in [0.1, 0.15) is 57.8 Å². The molecule has 3 heterocycles. The van der Waals surface area contributed by atoms with Gasteiger partial charge in [-0.1, -0.05) is 29.8 Å². The van der Waals surface area contributed by atoms with Crippen molar-refractivity contribution in [1.29, 1.82) is 0 Å². The van der Waals surface area contributed by atoms with Crippen molar-refractivity contribution < 1.29 is 0 Å². The molecule has 3 aliphatic heterocycles. The van der Waals surface area contributed by atoms with Crippen molar-refractivity contribution in [3.8, 4) is 0 Å². The Kier molecular flexibility index (Phi) is 5.29. The van der Waals surface area contributed by atoms with Crippen molar-refractivity contribution >= 4 is 10.6 Å². The third kappa shape index (κ3) is 3.03. The van der Waals surface area contributed by atoms with Crippen LogP contribution in [0.2, 0.25) is 0 Å². The molecule has 3 fully saturated rings. The maximum absolute atomic E-state index is 2.90. The second-order valence-corrected chi connectivity index (χ2v) is 9.90. The van der Waals surface area contributed by atoms with Gasteiger partial charge in [-0.15, -0.1) is 0 Å². The second kappa shape index (κ2) is 6.99. The number of hydrogen-bond acceptors (Lipinski definition) is 3. The maximum atomic E-state index is 2.90. The third-order valence-electron chi connectivity index (χ3n) is 5.41. The molecule has 3 rings (SSSR count). The van der Waals surface area contributed by atoms with E-state index in [1.165, 1.54) is 97.1 Å². The van der Waals surface area contributed by atoms with E-state index in [1.54, 1.807) is 0 Å². The maximum Gasteiger partial charge on any atom is 0.00965 e. The zero-order valence-corrected chi connectivity index (χ0v) is 14.2. The van der Waals surface area contributed by atoms with Gasteiger partial charge in [-0.05, 0) is 38.5 Å². The van der Waals surface area contributed by atoms with E-state index in [4.69, 9.17) is 0 Å². The molecule has 4 heteroatoms. The highest BCUT2D eigenvalue weighted by atomic mass is 32.3. The number of hydrogen-bond donors (Lipinski definition) is 0. The monoisotopic (exact) mass is 299 g/mol. The van der Waals surface area contributed by atoms with Gasteiger partial charge in [0.25, 0.3) is 0 Å². The zero-order chi connectivity index (χ0) is 13.8. The summed E-state index contributed by atoms with van der Waals surface area (Å²) in [5.41, 5.74) is 0. The van der Waals surface area contributed by atoms with Crippen LogP contribution in [0.4, 0.5) is 0 Å². The minimum atomic E-state index is -0.844. The molecule has 0 unspecified atom stereocenters. The zero-order valence-electron chi connectivity index (χ0n) is 13.4. The molecular weight excluding hydrogens is 266 g/mol. The van der Waals surface area contributed by atoms with E-state index in [0.29, 0.717) is 0 Å². The predicted molar refractivity (Wildman–Crippen MR) is 89.8 cm³/mol. The van der Waals surface area contributed by atoms with Gasteiger partial charge < -0.3 is 0 Å². The van der Waals surface area contributed by atoms with E-state index < -0.39 is 10.6 Å². The molecule has 118 valence electrons. The van der Waals surface area contributed by atoms with Crippen molar-refractivity contribution in [2.75, 3.05) is 45.5 Å². The van der Waals surface area contributed by atoms with Gasteiger partial charge in [-0.3, -0.25) is 0 Å². The van der Waals surface area contributed by atoms with Gasteiger partial charge in [0.1, 0.15) is 0 Å². The summed E-state index contributed by atoms with van der Waals surface area (Å²) in [5.74, 6) is 0. The van der Waals surface area contributed by atoms with Gasteiger partial charge in [0.2, 0.25) is 0 Å². The Balaban J connectivity index is 1.79. The number of nitrogens with zero attached hydrogens (tertiary/aromatic N) is 3. The fourth-order valence-electron chi connectivity index (χ4n) is 4.12. The molecule has 0 atom stereocenters. The van der Waals surface area contributed by atoms with Crippen LogP contribution in [0, 0.1) is 0 Å². The van der Waals surface area contributed by atoms with E-state index >= 15 is 0 Å². The first-order chi connectivity index (χ1) is 9.82. The lowest BCUT2D eigenvalue weighted by Gasteiger charge is -2.61. The van der Waals surface area contributed by atoms with Crippen LogP contribution in [-0.2, 0) is 0 Å². The van der Waals surface area contributed by atoms with Crippen LogP contribution in [0.25, 0.3) is 0 Å². The molecule has 0 aliphatic carbocycles. The topological polar surface area (TPSA) is 9.72 Å². The highest BCUT2D eigenvalue weighted by Crippen LogP contribution is 2.57. The number of rotatable bonds is 3. The molecule has 0 aromatic heterocycles. The average Bonchev–Trinajstić information content (AvgIpc) is 2.56. The van der Waals surface area contributed by atoms with Gasteiger partial charge in [-0.25, -0.2) is 12.9 Å². The Morgan fingerprint density at radius 2 is 0.700 bits per heavy atom. The van der Waals surface area contributed by atoms with E-state index in [2.05, 4.69) is 19.2 Å². The van der Waals surface area contributed by atoms with Crippen LogP contribution >= 0.6 is 10.6 Å². The average molecular weight is 300 g/mol. The lowest BCUT2D eigenvalue weighted by atomic mass is 10.2. The van der Waals surface area contributed by atoms with E-state index in [0.717, 1.165) is 0 Å². The van der Waals surface area contributed by atoms with Crippen LogP contribution < -0.4 is 0 Å². The van der Waals surface area contributed by atoms with Crippen LogP contribution in [0.5, 0.6) is 0 Å². The summed E-state index contributed by atoms with van der Waals surface area (Å²) in [4.78, 5) is 0. The Morgan fingerprint density at radius 1 is 0.450 bits per heavy atom. The first-order valence-corrected chi connectivity index (χ1v) is 10.8. The fourth-order valence-corrected chi connectivity index (χ4v) is 7.95. The normalized spacial score (nSPS) is 29.4. The molecule has 0 radical (unpaired) electrons. The van der Waals surface area contributed by atoms with E-state index in [1.807, 2.05) is 0 Å². The first-order valence-electron chi connectivity index (χ1n) is 8.85. The summed E-state index contributed by atoms with van der Waals surface area (Å²) in [7, 11) is -0.844. The standard InChI is InChI=1S/C16H33N3S/c1-20(17-11-5-2-6-12-17,18-13-7-3-8-14-18)19-15-9-4-10-16-19/h2-16H2,1H3. The molecule has 0 spiro atoms. The van der Waals surface area contributed by atoms with Crippen LogP contribution in [-0.4, -0.2) is 58.4 Å². The third-order valence-corrected chi connectivity index (χ3v) is 9.44. The van der Waals surface area contributed by atoms with Gasteiger partial charge in [0, 0.05) is 45.5 Å². The highest BCUT2D eigenvalue weighted by molar-refractivity contribution is 8.27. The first kappa shape index (κ1) is 15.1. The van der Waals surface area contributed by atoms with Crippen LogP contribution in [0.3, 0.4) is 0 Å². The molecule has 0 N–H and O–H groups in total. The Labute approximate surface area is 127 Å². The molecule has 3 saturated heterocycles. The summed E-state index contributed by atoms with van der Waals surface area (Å²) < 4.78 is 8.69. The molecule has 0 aromatic carbocycles. The lowest BCUT2D eigenvalue weighted by molar-refractivity contribution is 0.264. The summed E-state index contributed by atoms with van der Waals surface area (Å²) in [6.45, 7) is 8.08. The highest BCUT2D eigenvalue weighted by Gasteiger charge is 2.39. The summed E-state index contributed by atoms with van der Waals surface area (Å²) in [6, 6.07) is 0. The smallest absolute Gasteiger partial charge is 0.00965 e. The SMILES string of the molecule is CS(N1CCCCC1)(N1CCCCC1)N1CCCCC1. The number of piperidine rings is 3. The van der Waals surface area contributed by atoms with Crippen molar-refractivity contribution in [3.05, 3.63) is 0 Å². The van der Waals surface area contributed by atoms with Gasteiger partial charge in [-0.2, -0.15) is 0 Å². The quantitative estimate of drug-likeness (QED) is 0.788. The van der Waals surface area contributed by atoms with E-state index in [9.17, 15) is 0 Å². The van der Waals surface area contributed by atoms with Gasteiger partial charge in [0.15, 0.2) is 0 Å². The molecule has 0 amide bonds. The summed E-state index contributed by atoms with van der Waals surface area (Å²) >= 11 is 0. The molecule has 0 bridgehead atoms. The van der Waals surface area contributed by atoms with Crippen molar-refractivity contribution in [3.63, 3.8) is 0 Å². The minimum Gasteiger partial charge on any atom is -0.245 e. The van der Waals surface area contributed by atoms with Gasteiger partial charge >= 0.3 is 0 Å². The molecule has 20 heavy (non-hydrogen) atoms. The molecule has 0 aromatic rings. The molecule has 3 aliphatic rings. The van der Waals surface area contributed by atoms with Crippen LogP contribution in [0.15, 0.2) is 0 Å². The van der Waals surface area contributed by atoms with Crippen molar-refractivity contribution in [2.24, 2.45) is 0 Å². The fraction of sp³-hybridized carbons (Fsp3) is 1.00. The molecule has 3 nitrogen and oxygen atoms in total.